The number of nitrogens with one attached hydrogen (secondary N) is 1. The van der Waals surface area contributed by atoms with Crippen LogP contribution in [0.2, 0.25) is 0 Å². The van der Waals surface area contributed by atoms with Crippen LogP contribution >= 0.6 is 0 Å². The number of aliphatic hydroxyl groups excluding tert-OH is 1. The Kier molecular flexibility index (Phi) is 10.8. The maximum absolute atomic E-state index is 11.5. The first-order valence-corrected chi connectivity index (χ1v) is 9.27. The molecule has 0 bridgehead atoms. The van der Waals surface area contributed by atoms with Crippen molar-refractivity contribution >= 4 is 11.8 Å². The van der Waals surface area contributed by atoms with Gasteiger partial charge in [0.25, 0.3) is 0 Å². The average molecular weight is 351 g/mol. The molecule has 0 amide bonds. The molecule has 142 valence electrons. The monoisotopic (exact) mass is 351 g/mol. The van der Waals surface area contributed by atoms with Crippen molar-refractivity contribution in [2.45, 2.75) is 70.4 Å². The molecule has 0 aromatic carbocycles. The molecule has 1 fully saturated rings. The second-order valence-electron chi connectivity index (χ2n) is 6.49. The summed E-state index contributed by atoms with van der Waals surface area (Å²) < 4.78 is 4.66. The molecule has 1 aromatic heterocycles. The predicted octanol–water partition coefficient (Wildman–Crippen LogP) is 3.11. The smallest absolute Gasteiger partial charge is 0.341 e. The minimum absolute atomic E-state index is 0.303. The Labute approximate surface area is 151 Å². The molecule has 6 heteroatoms. The normalized spacial score (nSPS) is 16.6. The van der Waals surface area contributed by atoms with E-state index in [-0.39, 0.29) is 6.04 Å². The number of nitrogens with zero attached hydrogens (tertiary/aromatic N) is 1. The third kappa shape index (κ3) is 8.84. The topological polar surface area (TPSA) is 97.5 Å². The number of pyridine rings is 1. The van der Waals surface area contributed by atoms with E-state index >= 15 is 0 Å². The molecule has 6 nitrogen and oxygen atoms in total. The Morgan fingerprint density at radius 1 is 1.28 bits per heavy atom. The Morgan fingerprint density at radius 2 is 1.84 bits per heavy atom. The van der Waals surface area contributed by atoms with Crippen molar-refractivity contribution in [3.05, 3.63) is 23.9 Å². The predicted molar refractivity (Wildman–Crippen MR) is 101 cm³/mol. The zero-order valence-corrected chi connectivity index (χ0v) is 15.5. The number of aromatic nitrogens is 1. The molecule has 1 aliphatic rings. The zero-order valence-electron chi connectivity index (χ0n) is 15.5. The molecule has 2 unspecified atom stereocenters. The summed E-state index contributed by atoms with van der Waals surface area (Å²) in [6.45, 7) is 2.17. The third-order valence-corrected chi connectivity index (χ3v) is 4.35. The van der Waals surface area contributed by atoms with Gasteiger partial charge in [0.05, 0.1) is 13.2 Å². The van der Waals surface area contributed by atoms with Crippen molar-refractivity contribution in [3.8, 4) is 0 Å². The zero-order chi connectivity index (χ0) is 18.5. The summed E-state index contributed by atoms with van der Waals surface area (Å²) in [4.78, 5) is 15.5. The van der Waals surface area contributed by atoms with Gasteiger partial charge in [-0.2, -0.15) is 0 Å². The molecule has 0 aliphatic heterocycles. The van der Waals surface area contributed by atoms with Crippen molar-refractivity contribution in [2.24, 2.45) is 5.73 Å². The van der Waals surface area contributed by atoms with Gasteiger partial charge in [-0.25, -0.2) is 9.78 Å². The lowest BCUT2D eigenvalue weighted by atomic mass is 10.1. The third-order valence-electron chi connectivity index (χ3n) is 4.35. The second-order valence-corrected chi connectivity index (χ2v) is 6.49. The van der Waals surface area contributed by atoms with Crippen LogP contribution in [0.3, 0.4) is 0 Å². The van der Waals surface area contributed by atoms with Gasteiger partial charge in [0.1, 0.15) is 11.4 Å². The van der Waals surface area contributed by atoms with E-state index in [0.29, 0.717) is 24.3 Å². The van der Waals surface area contributed by atoms with Crippen LogP contribution in [0, 0.1) is 0 Å². The molecule has 1 aromatic rings. The van der Waals surface area contributed by atoms with Crippen molar-refractivity contribution in [2.75, 3.05) is 19.0 Å². The van der Waals surface area contributed by atoms with Gasteiger partial charge in [0.2, 0.25) is 0 Å². The lowest BCUT2D eigenvalue weighted by Crippen LogP contribution is -2.34. The summed E-state index contributed by atoms with van der Waals surface area (Å²) in [6, 6.07) is 3.00. The van der Waals surface area contributed by atoms with Gasteiger partial charge in [0, 0.05) is 18.8 Å². The van der Waals surface area contributed by atoms with Gasteiger partial charge in [-0.3, -0.25) is 0 Å². The lowest BCUT2D eigenvalue weighted by Gasteiger charge is -2.15. The van der Waals surface area contributed by atoms with Crippen molar-refractivity contribution in [1.82, 2.24) is 4.98 Å². The van der Waals surface area contributed by atoms with Gasteiger partial charge in [-0.05, 0) is 25.5 Å². The number of hydrogen-bond acceptors (Lipinski definition) is 6. The van der Waals surface area contributed by atoms with E-state index in [1.807, 2.05) is 0 Å². The van der Waals surface area contributed by atoms with Crippen LogP contribution < -0.4 is 11.1 Å². The summed E-state index contributed by atoms with van der Waals surface area (Å²) in [5.41, 5.74) is 6.08. The summed E-state index contributed by atoms with van der Waals surface area (Å²) in [6.07, 6.45) is 12.1. The number of aliphatic hydroxyl groups is 1. The van der Waals surface area contributed by atoms with Gasteiger partial charge in [0.15, 0.2) is 0 Å². The number of rotatable bonds is 6. The Balaban J connectivity index is 0.000000370. The van der Waals surface area contributed by atoms with E-state index in [1.54, 1.807) is 25.3 Å². The van der Waals surface area contributed by atoms with E-state index in [2.05, 4.69) is 15.0 Å². The number of carbonyl (C=O) groups is 1. The summed E-state index contributed by atoms with van der Waals surface area (Å²) in [5.74, 6) is 0.0209. The van der Waals surface area contributed by atoms with E-state index in [1.165, 1.54) is 52.1 Å². The molecule has 1 aliphatic carbocycles. The molecule has 2 rings (SSSR count). The minimum Gasteiger partial charge on any atom is -0.465 e. The molecule has 0 radical (unpaired) electrons. The van der Waals surface area contributed by atoms with Crippen LogP contribution in [0.4, 0.5) is 5.82 Å². The quantitative estimate of drug-likeness (QED) is 0.538. The summed E-state index contributed by atoms with van der Waals surface area (Å²) in [5, 5.41) is 12.3. The highest BCUT2D eigenvalue weighted by atomic mass is 16.5. The molecule has 2 atom stereocenters. The molecular weight excluding hydrogens is 318 g/mol. The van der Waals surface area contributed by atoms with Crippen LogP contribution in [-0.2, 0) is 4.74 Å². The second kappa shape index (κ2) is 12.7. The first-order valence-electron chi connectivity index (χ1n) is 9.27. The molecule has 0 spiro atoms. The Morgan fingerprint density at radius 3 is 2.32 bits per heavy atom. The Hall–Kier alpha value is -1.66. The fourth-order valence-electron chi connectivity index (χ4n) is 2.66. The minimum atomic E-state index is -0.560. The highest BCUT2D eigenvalue weighted by molar-refractivity contribution is 5.94. The van der Waals surface area contributed by atoms with Crippen LogP contribution in [-0.4, -0.2) is 41.9 Å². The number of esters is 1. The molecule has 1 saturated carbocycles. The number of carbonyl (C=O) groups excluding carboxylic acids is 1. The van der Waals surface area contributed by atoms with Crippen LogP contribution in [0.15, 0.2) is 18.3 Å². The average Bonchev–Trinajstić information content (AvgIpc) is 2.94. The molecule has 1 heterocycles. The standard InChI is InChI=1S/C12H19N3O3.C7H14/c1-8(16)10(13)5-7-15-11-9(12(17)18-2)4-3-6-14-11;1-2-4-6-7-5-3-1/h3-4,6,8,10,16H,5,7,13H2,1-2H3,(H,14,15);1-7H2. The molecule has 25 heavy (non-hydrogen) atoms. The van der Waals surface area contributed by atoms with Crippen molar-refractivity contribution in [1.29, 1.82) is 0 Å². The van der Waals surface area contributed by atoms with Crippen LogP contribution in [0.5, 0.6) is 0 Å². The number of ether oxygens (including phenoxy) is 1. The first kappa shape index (κ1) is 21.4. The van der Waals surface area contributed by atoms with E-state index in [9.17, 15) is 9.90 Å². The fraction of sp³-hybridized carbons (Fsp3) is 0.684. The number of hydrogen-bond donors (Lipinski definition) is 3. The highest BCUT2D eigenvalue weighted by Gasteiger charge is 2.13. The van der Waals surface area contributed by atoms with E-state index < -0.39 is 12.1 Å². The number of nitrogens with two attached hydrogens (primary N) is 1. The van der Waals surface area contributed by atoms with Crippen LogP contribution in [0.1, 0.15) is 68.6 Å². The fourth-order valence-corrected chi connectivity index (χ4v) is 2.66. The number of anilines is 1. The molecule has 4 N–H and O–H groups in total. The maximum atomic E-state index is 11.5. The van der Waals surface area contributed by atoms with Gasteiger partial charge in [-0.1, -0.05) is 44.9 Å². The summed E-state index contributed by atoms with van der Waals surface area (Å²) >= 11 is 0. The summed E-state index contributed by atoms with van der Waals surface area (Å²) in [7, 11) is 1.32. The lowest BCUT2D eigenvalue weighted by molar-refractivity contribution is 0.0601. The number of methoxy groups -OCH3 is 1. The molecular formula is C19H33N3O3. The Bertz CT molecular complexity index is 475. The first-order chi connectivity index (χ1) is 12.1. The van der Waals surface area contributed by atoms with E-state index in [0.717, 1.165) is 0 Å². The highest BCUT2D eigenvalue weighted by Crippen LogP contribution is 2.15. The van der Waals surface area contributed by atoms with Gasteiger partial charge >= 0.3 is 5.97 Å². The van der Waals surface area contributed by atoms with Crippen LogP contribution in [0.25, 0.3) is 0 Å². The maximum Gasteiger partial charge on any atom is 0.341 e. The SMILES string of the molecule is C1CCCCCC1.COC(=O)c1cccnc1NCCC(N)C(C)O. The van der Waals surface area contributed by atoms with Gasteiger partial charge in [-0.15, -0.1) is 0 Å². The molecule has 0 saturated heterocycles. The van der Waals surface area contributed by atoms with Crippen molar-refractivity contribution in [3.63, 3.8) is 0 Å². The van der Waals surface area contributed by atoms with E-state index in [4.69, 9.17) is 5.73 Å². The van der Waals surface area contributed by atoms with Gasteiger partial charge < -0.3 is 20.9 Å². The largest absolute Gasteiger partial charge is 0.465 e. The van der Waals surface area contributed by atoms with Crippen molar-refractivity contribution < 1.29 is 14.6 Å².